The molecule has 0 bridgehead atoms. The molecule has 0 aliphatic carbocycles. The van der Waals surface area contributed by atoms with Crippen LogP contribution in [0.2, 0.25) is 5.02 Å². The van der Waals surface area contributed by atoms with Gasteiger partial charge in [0.1, 0.15) is 18.5 Å². The summed E-state index contributed by atoms with van der Waals surface area (Å²) >= 11 is 5.97. The van der Waals surface area contributed by atoms with E-state index in [2.05, 4.69) is 6.92 Å². The zero-order valence-corrected chi connectivity index (χ0v) is 12.3. The van der Waals surface area contributed by atoms with E-state index in [4.69, 9.17) is 21.1 Å². The molecule has 0 unspecified atom stereocenters. The first kappa shape index (κ1) is 15.8. The molecule has 4 heteroatoms. The van der Waals surface area contributed by atoms with Crippen molar-refractivity contribution in [3.05, 3.63) is 29.3 Å². The Hall–Kier alpha value is -1.22. The van der Waals surface area contributed by atoms with Crippen LogP contribution in [-0.2, 0) is 9.53 Å². The van der Waals surface area contributed by atoms with Gasteiger partial charge in [0.25, 0.3) is 0 Å². The number of hydrogen-bond acceptors (Lipinski definition) is 3. The van der Waals surface area contributed by atoms with Gasteiger partial charge in [-0.3, -0.25) is 4.79 Å². The lowest BCUT2D eigenvalue weighted by Gasteiger charge is -2.15. The van der Waals surface area contributed by atoms with Gasteiger partial charge in [-0.25, -0.2) is 0 Å². The molecular formula is C15H21ClO3. The first-order valence-electron chi connectivity index (χ1n) is 6.70. The van der Waals surface area contributed by atoms with Crippen LogP contribution < -0.4 is 4.74 Å². The lowest BCUT2D eigenvalue weighted by atomic mass is 10.2. The van der Waals surface area contributed by atoms with Crippen LogP contribution in [0.1, 0.15) is 39.5 Å². The van der Waals surface area contributed by atoms with Gasteiger partial charge in [-0.2, -0.15) is 0 Å². The van der Waals surface area contributed by atoms with E-state index in [0.29, 0.717) is 23.8 Å². The van der Waals surface area contributed by atoms with Gasteiger partial charge in [0.2, 0.25) is 0 Å². The van der Waals surface area contributed by atoms with Crippen LogP contribution in [-0.4, -0.2) is 18.7 Å². The molecule has 0 spiro atoms. The molecule has 1 atom stereocenters. The highest BCUT2D eigenvalue weighted by atomic mass is 35.5. The maximum absolute atomic E-state index is 11.5. The van der Waals surface area contributed by atoms with Crippen molar-refractivity contribution in [2.45, 2.75) is 45.6 Å². The summed E-state index contributed by atoms with van der Waals surface area (Å²) in [5.74, 6) is 0.446. The monoisotopic (exact) mass is 284 g/mol. The van der Waals surface area contributed by atoms with Gasteiger partial charge in [0.15, 0.2) is 0 Å². The molecule has 0 fully saturated rings. The molecule has 1 rings (SSSR count). The molecule has 0 heterocycles. The molecular weight excluding hydrogens is 264 g/mol. The van der Waals surface area contributed by atoms with Crippen LogP contribution in [0.25, 0.3) is 0 Å². The molecule has 0 saturated carbocycles. The number of unbranched alkanes of at least 4 members (excludes halogenated alkanes) is 2. The third-order valence-electron chi connectivity index (χ3n) is 2.63. The highest BCUT2D eigenvalue weighted by Gasteiger charge is 2.10. The van der Waals surface area contributed by atoms with Gasteiger partial charge in [-0.15, -0.1) is 0 Å². The Bertz CT molecular complexity index is 393. The smallest absolute Gasteiger partial charge is 0.306 e. The van der Waals surface area contributed by atoms with Gasteiger partial charge in [0, 0.05) is 6.42 Å². The first-order valence-corrected chi connectivity index (χ1v) is 7.08. The van der Waals surface area contributed by atoms with Crippen molar-refractivity contribution < 1.29 is 14.3 Å². The normalized spacial score (nSPS) is 11.9. The third kappa shape index (κ3) is 6.48. The van der Waals surface area contributed by atoms with E-state index >= 15 is 0 Å². The number of halogens is 1. The van der Waals surface area contributed by atoms with Crippen molar-refractivity contribution in [1.29, 1.82) is 0 Å². The van der Waals surface area contributed by atoms with E-state index < -0.39 is 0 Å². The fourth-order valence-corrected chi connectivity index (χ4v) is 1.80. The van der Waals surface area contributed by atoms with Crippen molar-refractivity contribution in [2.24, 2.45) is 0 Å². The summed E-state index contributed by atoms with van der Waals surface area (Å²) < 4.78 is 10.8. The summed E-state index contributed by atoms with van der Waals surface area (Å²) in [5.41, 5.74) is 0. The summed E-state index contributed by atoms with van der Waals surface area (Å²) in [6.07, 6.45) is 3.24. The van der Waals surface area contributed by atoms with Crippen LogP contribution in [0.4, 0.5) is 0 Å². The number of carbonyl (C=O) groups excluding carboxylic acids is 1. The molecule has 0 aliphatic rings. The predicted octanol–water partition coefficient (Wildman–Crippen LogP) is 4.23. The molecule has 1 aromatic rings. The summed E-state index contributed by atoms with van der Waals surface area (Å²) in [7, 11) is 0. The number of para-hydroxylation sites is 1. The highest BCUT2D eigenvalue weighted by molar-refractivity contribution is 6.32. The fourth-order valence-electron chi connectivity index (χ4n) is 1.61. The van der Waals surface area contributed by atoms with Gasteiger partial charge in [0.05, 0.1) is 5.02 Å². The maximum Gasteiger partial charge on any atom is 0.306 e. The number of esters is 1. The number of carbonyl (C=O) groups is 1. The zero-order chi connectivity index (χ0) is 14.1. The number of benzene rings is 1. The number of rotatable bonds is 8. The van der Waals surface area contributed by atoms with Gasteiger partial charge >= 0.3 is 5.97 Å². The Balaban J connectivity index is 2.26. The minimum absolute atomic E-state index is 0.163. The largest absolute Gasteiger partial charge is 0.488 e. The van der Waals surface area contributed by atoms with Crippen molar-refractivity contribution in [3.8, 4) is 5.75 Å². The quantitative estimate of drug-likeness (QED) is 0.529. The van der Waals surface area contributed by atoms with Crippen LogP contribution in [0.3, 0.4) is 0 Å². The molecule has 106 valence electrons. The van der Waals surface area contributed by atoms with E-state index in [9.17, 15) is 4.79 Å². The summed E-state index contributed by atoms with van der Waals surface area (Å²) in [4.78, 5) is 11.5. The topological polar surface area (TPSA) is 35.5 Å². The summed E-state index contributed by atoms with van der Waals surface area (Å²) in [5, 5.41) is 0.559. The molecule has 0 N–H and O–H groups in total. The average Bonchev–Trinajstić information content (AvgIpc) is 2.38. The second kappa shape index (κ2) is 8.81. The minimum Gasteiger partial charge on any atom is -0.488 e. The van der Waals surface area contributed by atoms with E-state index in [1.165, 1.54) is 0 Å². The maximum atomic E-state index is 11.5. The standard InChI is InChI=1S/C15H21ClO3/c1-3-4-5-10-15(17)19-12(2)11-18-14-9-7-6-8-13(14)16/h6-9,12H,3-5,10-11H2,1-2H3/t12-/m1/s1. The van der Waals surface area contributed by atoms with Gasteiger partial charge < -0.3 is 9.47 Å². The Kier molecular flexibility index (Phi) is 7.34. The molecule has 0 aliphatic heterocycles. The predicted molar refractivity (Wildman–Crippen MR) is 76.6 cm³/mol. The van der Waals surface area contributed by atoms with Crippen LogP contribution in [0, 0.1) is 0 Å². The lowest BCUT2D eigenvalue weighted by Crippen LogP contribution is -2.21. The van der Waals surface area contributed by atoms with Crippen LogP contribution in [0.15, 0.2) is 24.3 Å². The Morgan fingerprint density at radius 3 is 2.74 bits per heavy atom. The minimum atomic E-state index is -0.273. The van der Waals surface area contributed by atoms with Gasteiger partial charge in [-0.1, -0.05) is 43.5 Å². The molecule has 1 aromatic carbocycles. The van der Waals surface area contributed by atoms with Crippen LogP contribution in [0.5, 0.6) is 5.75 Å². The highest BCUT2D eigenvalue weighted by Crippen LogP contribution is 2.23. The first-order chi connectivity index (χ1) is 9.13. The Morgan fingerprint density at radius 1 is 1.32 bits per heavy atom. The Labute approximate surface area is 119 Å². The average molecular weight is 285 g/mol. The van der Waals surface area contributed by atoms with Gasteiger partial charge in [-0.05, 0) is 25.5 Å². The van der Waals surface area contributed by atoms with Crippen molar-refractivity contribution in [3.63, 3.8) is 0 Å². The molecule has 3 nitrogen and oxygen atoms in total. The molecule has 0 amide bonds. The van der Waals surface area contributed by atoms with E-state index in [-0.39, 0.29) is 12.1 Å². The molecule has 0 saturated heterocycles. The second-order valence-corrected chi connectivity index (χ2v) is 4.91. The van der Waals surface area contributed by atoms with E-state index in [1.54, 1.807) is 12.1 Å². The zero-order valence-electron chi connectivity index (χ0n) is 11.5. The van der Waals surface area contributed by atoms with E-state index in [0.717, 1.165) is 19.3 Å². The molecule has 19 heavy (non-hydrogen) atoms. The second-order valence-electron chi connectivity index (χ2n) is 4.50. The molecule has 0 radical (unpaired) electrons. The van der Waals surface area contributed by atoms with Crippen LogP contribution >= 0.6 is 11.6 Å². The fraction of sp³-hybridized carbons (Fsp3) is 0.533. The number of ether oxygens (including phenoxy) is 2. The lowest BCUT2D eigenvalue weighted by molar-refractivity contribution is -0.149. The summed E-state index contributed by atoms with van der Waals surface area (Å²) in [6.45, 7) is 4.23. The molecule has 0 aromatic heterocycles. The van der Waals surface area contributed by atoms with Crippen molar-refractivity contribution in [1.82, 2.24) is 0 Å². The Morgan fingerprint density at radius 2 is 2.05 bits per heavy atom. The number of hydrogen-bond donors (Lipinski definition) is 0. The van der Waals surface area contributed by atoms with Crippen molar-refractivity contribution >= 4 is 17.6 Å². The summed E-state index contributed by atoms with van der Waals surface area (Å²) in [6, 6.07) is 7.24. The third-order valence-corrected chi connectivity index (χ3v) is 2.94. The van der Waals surface area contributed by atoms with Crippen molar-refractivity contribution in [2.75, 3.05) is 6.61 Å². The van der Waals surface area contributed by atoms with E-state index in [1.807, 2.05) is 19.1 Å². The SMILES string of the molecule is CCCCCC(=O)O[C@H](C)COc1ccccc1Cl.